The van der Waals surface area contributed by atoms with Crippen LogP contribution in [0, 0.1) is 5.92 Å². The Kier molecular flexibility index (Phi) is 3.08. The van der Waals surface area contributed by atoms with Crippen LogP contribution in [0.15, 0.2) is 0 Å². The smallest absolute Gasteiger partial charge is 0.224 e. The van der Waals surface area contributed by atoms with Crippen LogP contribution < -0.4 is 0 Å². The quantitative estimate of drug-likeness (QED) is 0.734. The topological polar surface area (TPSA) is 43.8 Å². The monoisotopic (exact) mass is 278 g/mol. The van der Waals surface area contributed by atoms with E-state index in [0.29, 0.717) is 23.9 Å². The average molecular weight is 278 g/mol. The summed E-state index contributed by atoms with van der Waals surface area (Å²) < 4.78 is 0. The van der Waals surface area contributed by atoms with Crippen LogP contribution >= 0.6 is 0 Å². The number of hydrogen-bond donors (Lipinski definition) is 1. The fourth-order valence-corrected chi connectivity index (χ4v) is 5.39. The van der Waals surface area contributed by atoms with E-state index in [0.717, 1.165) is 38.5 Å². The van der Waals surface area contributed by atoms with Gasteiger partial charge in [0.2, 0.25) is 5.91 Å². The maximum absolute atomic E-state index is 12.4. The fourth-order valence-electron chi connectivity index (χ4n) is 5.39. The summed E-state index contributed by atoms with van der Waals surface area (Å²) >= 11 is 0. The van der Waals surface area contributed by atoms with E-state index >= 15 is 0 Å². The molecular weight excluding hydrogens is 252 g/mol. The Hall–Kier alpha value is -0.610. The van der Waals surface area contributed by atoms with Crippen LogP contribution in [0.3, 0.4) is 0 Å². The minimum atomic E-state index is -0.187. The number of fused-ring (bicyclic) bond motifs is 2. The Morgan fingerprint density at radius 2 is 1.95 bits per heavy atom. The molecule has 20 heavy (non-hydrogen) atoms. The number of aliphatic hydroxyl groups excluding tert-OH is 1. The molecule has 0 aromatic carbocycles. The van der Waals surface area contributed by atoms with Crippen LogP contribution in [0.2, 0.25) is 0 Å². The second-order valence-electron chi connectivity index (χ2n) is 7.45. The van der Waals surface area contributed by atoms with E-state index in [1.807, 2.05) is 0 Å². The molecule has 1 amide bonds. The molecule has 0 saturated carbocycles. The lowest BCUT2D eigenvalue weighted by Crippen LogP contribution is -2.72. The molecule has 4 aliphatic heterocycles. The summed E-state index contributed by atoms with van der Waals surface area (Å²) in [4.78, 5) is 17.1. The summed E-state index contributed by atoms with van der Waals surface area (Å²) in [7, 11) is 0. The first-order valence-corrected chi connectivity index (χ1v) is 8.42. The van der Waals surface area contributed by atoms with E-state index in [-0.39, 0.29) is 18.3 Å². The lowest BCUT2D eigenvalue weighted by atomic mass is 9.75. The average Bonchev–Trinajstić information content (AvgIpc) is 2.41. The van der Waals surface area contributed by atoms with Gasteiger partial charge in [0.1, 0.15) is 0 Å². The summed E-state index contributed by atoms with van der Waals surface area (Å²) in [5.41, 5.74) is 0. The third-order valence-electron chi connectivity index (χ3n) is 6.11. The predicted octanol–water partition coefficient (Wildman–Crippen LogP) is 1.72. The van der Waals surface area contributed by atoms with Crippen molar-refractivity contribution in [2.45, 2.75) is 88.7 Å². The van der Waals surface area contributed by atoms with Crippen molar-refractivity contribution in [1.82, 2.24) is 9.80 Å². The Bertz CT molecular complexity index is 413. The van der Waals surface area contributed by atoms with Crippen molar-refractivity contribution in [3.05, 3.63) is 0 Å². The summed E-state index contributed by atoms with van der Waals surface area (Å²) in [5, 5.41) is 10.4. The van der Waals surface area contributed by atoms with E-state index in [9.17, 15) is 9.90 Å². The first kappa shape index (κ1) is 13.1. The normalized spacial score (nSPS) is 48.7. The molecule has 112 valence electrons. The number of piperidine rings is 3. The highest BCUT2D eigenvalue weighted by Crippen LogP contribution is 2.44. The molecule has 6 atom stereocenters. The van der Waals surface area contributed by atoms with E-state index in [1.165, 1.54) is 12.8 Å². The Labute approximate surface area is 121 Å². The van der Waals surface area contributed by atoms with Gasteiger partial charge in [0, 0.05) is 24.5 Å². The summed E-state index contributed by atoms with van der Waals surface area (Å²) in [5.74, 6) is 1.07. The van der Waals surface area contributed by atoms with Crippen LogP contribution in [-0.2, 0) is 4.79 Å². The van der Waals surface area contributed by atoms with Crippen molar-refractivity contribution in [2.24, 2.45) is 5.92 Å². The Morgan fingerprint density at radius 3 is 2.80 bits per heavy atom. The first-order valence-electron chi connectivity index (χ1n) is 8.42. The molecule has 0 bridgehead atoms. The number of aliphatic hydroxyl groups is 1. The van der Waals surface area contributed by atoms with E-state index in [1.54, 1.807) is 0 Å². The minimum Gasteiger partial charge on any atom is -0.391 e. The third-order valence-corrected chi connectivity index (χ3v) is 6.11. The zero-order valence-electron chi connectivity index (χ0n) is 12.4. The van der Waals surface area contributed by atoms with Gasteiger partial charge in [0.15, 0.2) is 0 Å². The van der Waals surface area contributed by atoms with E-state index < -0.39 is 0 Å². The van der Waals surface area contributed by atoms with E-state index in [2.05, 4.69) is 16.7 Å². The summed E-state index contributed by atoms with van der Waals surface area (Å²) in [6.07, 6.45) is 8.40. The number of rotatable bonds is 0. The van der Waals surface area contributed by atoms with Crippen LogP contribution in [0.1, 0.15) is 58.3 Å². The van der Waals surface area contributed by atoms with Gasteiger partial charge in [-0.05, 0) is 50.9 Å². The highest BCUT2D eigenvalue weighted by molar-refractivity contribution is 5.77. The second kappa shape index (κ2) is 4.70. The molecule has 4 fully saturated rings. The second-order valence-corrected chi connectivity index (χ2v) is 7.45. The van der Waals surface area contributed by atoms with E-state index in [4.69, 9.17) is 0 Å². The van der Waals surface area contributed by atoms with Crippen molar-refractivity contribution in [1.29, 1.82) is 0 Å². The van der Waals surface area contributed by atoms with Gasteiger partial charge in [-0.2, -0.15) is 0 Å². The van der Waals surface area contributed by atoms with Crippen LogP contribution in [0.25, 0.3) is 0 Å². The van der Waals surface area contributed by atoms with Gasteiger partial charge in [-0.15, -0.1) is 0 Å². The Balaban J connectivity index is 1.68. The van der Waals surface area contributed by atoms with Crippen molar-refractivity contribution >= 4 is 5.91 Å². The molecule has 4 saturated heterocycles. The predicted molar refractivity (Wildman–Crippen MR) is 75.9 cm³/mol. The largest absolute Gasteiger partial charge is 0.391 e. The molecule has 0 aliphatic carbocycles. The minimum absolute atomic E-state index is 0.187. The van der Waals surface area contributed by atoms with Crippen molar-refractivity contribution in [3.8, 4) is 0 Å². The highest BCUT2D eigenvalue weighted by atomic mass is 16.3. The van der Waals surface area contributed by atoms with Gasteiger partial charge >= 0.3 is 0 Å². The SMILES string of the molecule is C[C@@H]1C[C@@H]2C[C@@H]3CCCC(=O)N3[C@H]3CC[C@@H](O)[C@H](C1)N23. The Morgan fingerprint density at radius 1 is 1.10 bits per heavy atom. The molecule has 0 spiro atoms. The summed E-state index contributed by atoms with van der Waals surface area (Å²) in [6.45, 7) is 2.33. The van der Waals surface area contributed by atoms with Gasteiger partial charge in [-0.25, -0.2) is 0 Å². The van der Waals surface area contributed by atoms with Crippen molar-refractivity contribution in [3.63, 3.8) is 0 Å². The first-order chi connectivity index (χ1) is 9.65. The number of carbonyl (C=O) groups excluding carboxylic acids is 1. The van der Waals surface area contributed by atoms with Gasteiger partial charge in [-0.1, -0.05) is 6.92 Å². The van der Waals surface area contributed by atoms with Gasteiger partial charge in [-0.3, -0.25) is 9.69 Å². The van der Waals surface area contributed by atoms with Gasteiger partial charge in [0.25, 0.3) is 0 Å². The number of carbonyl (C=O) groups is 1. The number of nitrogens with zero attached hydrogens (tertiary/aromatic N) is 2. The fraction of sp³-hybridized carbons (Fsp3) is 0.938. The maximum Gasteiger partial charge on any atom is 0.224 e. The molecule has 0 aromatic heterocycles. The van der Waals surface area contributed by atoms with Crippen LogP contribution in [-0.4, -0.2) is 51.2 Å². The number of amides is 1. The molecule has 4 nitrogen and oxygen atoms in total. The molecule has 4 heterocycles. The standard InChI is InChI=1S/C16H26N2O2/c1-10-7-12-9-11-3-2-4-16(20)18(11)15-6-5-14(19)13(8-10)17(12)15/h10-15,19H,2-9H2,1H3/t10-,11+,12-,13+,14-,15+/m1/s1. The van der Waals surface area contributed by atoms with Crippen molar-refractivity contribution < 1.29 is 9.90 Å². The molecule has 0 aromatic rings. The zero-order valence-corrected chi connectivity index (χ0v) is 12.4. The number of hydrogen-bond acceptors (Lipinski definition) is 3. The summed E-state index contributed by atoms with van der Waals surface area (Å²) in [6, 6.07) is 1.36. The molecule has 0 unspecified atom stereocenters. The van der Waals surface area contributed by atoms with Crippen LogP contribution in [0.5, 0.6) is 0 Å². The molecule has 4 heteroatoms. The van der Waals surface area contributed by atoms with Gasteiger partial charge < -0.3 is 10.0 Å². The molecule has 1 N–H and O–H groups in total. The van der Waals surface area contributed by atoms with Crippen molar-refractivity contribution in [2.75, 3.05) is 0 Å². The molecule has 0 radical (unpaired) electrons. The molecule has 4 rings (SSSR count). The highest BCUT2D eigenvalue weighted by Gasteiger charge is 2.52. The lowest BCUT2D eigenvalue weighted by Gasteiger charge is -2.61. The lowest BCUT2D eigenvalue weighted by molar-refractivity contribution is -0.185. The maximum atomic E-state index is 12.4. The molecular formula is C16H26N2O2. The van der Waals surface area contributed by atoms with Gasteiger partial charge in [0.05, 0.1) is 12.3 Å². The zero-order chi connectivity index (χ0) is 13.9. The molecule has 4 aliphatic rings. The van der Waals surface area contributed by atoms with Crippen LogP contribution in [0.4, 0.5) is 0 Å². The third kappa shape index (κ3) is 1.84.